The molecule has 6 nitrogen and oxygen atoms in total. The molecule has 0 spiro atoms. The average Bonchev–Trinajstić information content (AvgIpc) is 3.09. The van der Waals surface area contributed by atoms with Crippen LogP contribution in [0.1, 0.15) is 43.7 Å². The van der Waals surface area contributed by atoms with Gasteiger partial charge in [-0.05, 0) is 37.0 Å². The van der Waals surface area contributed by atoms with Gasteiger partial charge in [-0.3, -0.25) is 0 Å². The molecule has 0 unspecified atom stereocenters. The van der Waals surface area contributed by atoms with Gasteiger partial charge in [0.1, 0.15) is 12.3 Å². The summed E-state index contributed by atoms with van der Waals surface area (Å²) in [4.78, 5) is 4.46. The van der Waals surface area contributed by atoms with E-state index in [9.17, 15) is 13.2 Å². The Morgan fingerprint density at radius 2 is 1.90 bits per heavy atom. The first-order chi connectivity index (χ1) is 13.3. The van der Waals surface area contributed by atoms with Gasteiger partial charge in [0.15, 0.2) is 11.7 Å². The lowest BCUT2D eigenvalue weighted by Gasteiger charge is -2.12. The molecule has 2 rings (SSSR count). The summed E-state index contributed by atoms with van der Waals surface area (Å²) in [5.74, 6) is 1.37. The van der Waals surface area contributed by atoms with E-state index in [1.54, 1.807) is 12.1 Å². The maximum absolute atomic E-state index is 12.2. The summed E-state index contributed by atoms with van der Waals surface area (Å²) < 4.78 is 45.7. The van der Waals surface area contributed by atoms with Crippen LogP contribution in [0.3, 0.4) is 0 Å². The molecule has 1 aromatic carbocycles. The predicted octanol–water partition coefficient (Wildman–Crippen LogP) is 4.61. The van der Waals surface area contributed by atoms with E-state index < -0.39 is 6.36 Å². The van der Waals surface area contributed by atoms with E-state index in [1.165, 1.54) is 12.1 Å². The van der Waals surface area contributed by atoms with Crippen molar-refractivity contribution in [1.82, 2.24) is 15.8 Å². The minimum atomic E-state index is -4.68. The number of benzene rings is 1. The number of nitrogens with zero attached hydrogens (tertiary/aromatic N) is 2. The highest BCUT2D eigenvalue weighted by Crippen LogP contribution is 2.22. The average molecular weight is 526 g/mol. The summed E-state index contributed by atoms with van der Waals surface area (Å²) in [5.41, 5.74) is 1.77. The number of hydrogen-bond donors (Lipinski definition) is 2. The molecule has 0 bridgehead atoms. The fourth-order valence-electron chi connectivity index (χ4n) is 2.36. The lowest BCUT2D eigenvalue weighted by Crippen LogP contribution is -2.38. The Labute approximate surface area is 185 Å². The molecule has 29 heavy (non-hydrogen) atoms. The van der Waals surface area contributed by atoms with Gasteiger partial charge in [0.25, 0.3) is 0 Å². The van der Waals surface area contributed by atoms with Gasteiger partial charge in [-0.25, -0.2) is 4.99 Å². The lowest BCUT2D eigenvalue weighted by molar-refractivity contribution is -0.274. The Balaban J connectivity index is 0.00000420. The third-order valence-corrected chi connectivity index (χ3v) is 3.77. The molecule has 0 aliphatic carbocycles. The van der Waals surface area contributed by atoms with Crippen molar-refractivity contribution in [3.63, 3.8) is 0 Å². The highest BCUT2D eigenvalue weighted by Gasteiger charge is 2.30. The van der Waals surface area contributed by atoms with Crippen molar-refractivity contribution in [2.75, 3.05) is 13.1 Å². The summed E-state index contributed by atoms with van der Waals surface area (Å²) in [5, 5.41) is 10.3. The van der Waals surface area contributed by atoms with Crippen molar-refractivity contribution in [3.05, 3.63) is 47.3 Å². The number of aliphatic imine (C=N–C) groups is 1. The van der Waals surface area contributed by atoms with Crippen LogP contribution in [0.25, 0.3) is 0 Å². The van der Waals surface area contributed by atoms with Crippen LogP contribution in [0.5, 0.6) is 5.75 Å². The third kappa shape index (κ3) is 9.37. The molecule has 162 valence electrons. The van der Waals surface area contributed by atoms with Crippen molar-refractivity contribution in [2.24, 2.45) is 4.99 Å². The minimum absolute atomic E-state index is 0. The van der Waals surface area contributed by atoms with E-state index in [4.69, 9.17) is 4.52 Å². The van der Waals surface area contributed by atoms with Gasteiger partial charge in [-0.1, -0.05) is 31.1 Å². The van der Waals surface area contributed by atoms with Crippen LogP contribution < -0.4 is 15.4 Å². The molecule has 0 saturated heterocycles. The molecular formula is C19H26F3IN4O2. The van der Waals surface area contributed by atoms with E-state index in [0.29, 0.717) is 43.7 Å². The fourth-order valence-corrected chi connectivity index (χ4v) is 2.36. The molecule has 10 heteroatoms. The van der Waals surface area contributed by atoms with E-state index in [0.717, 1.165) is 11.3 Å². The number of nitrogens with one attached hydrogen (secondary N) is 2. The lowest BCUT2D eigenvalue weighted by atomic mass is 10.1. The Morgan fingerprint density at radius 3 is 2.45 bits per heavy atom. The van der Waals surface area contributed by atoms with Crippen molar-refractivity contribution >= 4 is 29.9 Å². The zero-order valence-electron chi connectivity index (χ0n) is 16.5. The molecule has 2 N–H and O–H groups in total. The topological polar surface area (TPSA) is 71.7 Å². The van der Waals surface area contributed by atoms with Gasteiger partial charge >= 0.3 is 6.36 Å². The van der Waals surface area contributed by atoms with Gasteiger partial charge < -0.3 is 19.9 Å². The molecule has 1 aromatic heterocycles. The van der Waals surface area contributed by atoms with Crippen LogP contribution in [0.2, 0.25) is 0 Å². The smallest absolute Gasteiger partial charge is 0.406 e. The van der Waals surface area contributed by atoms with Crippen molar-refractivity contribution < 1.29 is 22.4 Å². The SMILES string of the molecule is CCNC(=NCc1cc(C(C)C)no1)NCCc1ccc(OC(F)(F)F)cc1.I. The van der Waals surface area contributed by atoms with Crippen molar-refractivity contribution in [1.29, 1.82) is 0 Å². The molecule has 0 radical (unpaired) electrons. The van der Waals surface area contributed by atoms with Crippen LogP contribution in [-0.4, -0.2) is 30.6 Å². The highest BCUT2D eigenvalue weighted by molar-refractivity contribution is 14.0. The van der Waals surface area contributed by atoms with Crippen LogP contribution in [0.4, 0.5) is 13.2 Å². The van der Waals surface area contributed by atoms with Gasteiger partial charge in [0.05, 0.1) is 5.69 Å². The minimum Gasteiger partial charge on any atom is -0.406 e. The second-order valence-electron chi connectivity index (χ2n) is 6.44. The monoisotopic (exact) mass is 526 g/mol. The van der Waals surface area contributed by atoms with Crippen LogP contribution in [0.15, 0.2) is 39.8 Å². The van der Waals surface area contributed by atoms with Gasteiger partial charge in [-0.15, -0.1) is 37.1 Å². The Hall–Kier alpha value is -1.98. The van der Waals surface area contributed by atoms with Crippen LogP contribution in [-0.2, 0) is 13.0 Å². The Kier molecular flexibility index (Phi) is 10.3. The number of ether oxygens (including phenoxy) is 1. The maximum atomic E-state index is 12.2. The predicted molar refractivity (Wildman–Crippen MR) is 116 cm³/mol. The number of aromatic nitrogens is 1. The molecule has 0 aliphatic heterocycles. The van der Waals surface area contributed by atoms with Gasteiger partial charge in [0.2, 0.25) is 0 Å². The zero-order valence-corrected chi connectivity index (χ0v) is 18.9. The molecule has 2 aromatic rings. The van der Waals surface area contributed by atoms with E-state index in [1.807, 2.05) is 26.8 Å². The summed E-state index contributed by atoms with van der Waals surface area (Å²) in [6.07, 6.45) is -4.06. The molecular weight excluding hydrogens is 500 g/mol. The first-order valence-electron chi connectivity index (χ1n) is 9.09. The molecule has 0 amide bonds. The maximum Gasteiger partial charge on any atom is 0.573 e. The van der Waals surface area contributed by atoms with E-state index in [2.05, 4.69) is 25.5 Å². The number of rotatable bonds is 8. The number of halogens is 4. The second-order valence-corrected chi connectivity index (χ2v) is 6.44. The second kappa shape index (κ2) is 11.9. The summed E-state index contributed by atoms with van der Waals surface area (Å²) >= 11 is 0. The molecule has 0 saturated carbocycles. The quantitative estimate of drug-likeness (QED) is 0.299. The Morgan fingerprint density at radius 1 is 1.21 bits per heavy atom. The first-order valence-corrected chi connectivity index (χ1v) is 9.09. The molecule has 1 heterocycles. The van der Waals surface area contributed by atoms with Gasteiger partial charge in [-0.2, -0.15) is 0 Å². The van der Waals surface area contributed by atoms with Crippen LogP contribution >= 0.6 is 24.0 Å². The number of alkyl halides is 3. The van der Waals surface area contributed by atoms with E-state index in [-0.39, 0.29) is 29.7 Å². The zero-order chi connectivity index (χ0) is 20.6. The van der Waals surface area contributed by atoms with Crippen LogP contribution in [0, 0.1) is 0 Å². The standard InChI is InChI=1S/C19H25F3N4O2.HI/c1-4-23-18(25-12-16-11-17(13(2)3)26-28-16)24-10-9-14-5-7-15(8-6-14)27-19(20,21)22;/h5-8,11,13H,4,9-10,12H2,1-3H3,(H2,23,24,25);1H. The highest BCUT2D eigenvalue weighted by atomic mass is 127. The van der Waals surface area contributed by atoms with E-state index >= 15 is 0 Å². The third-order valence-electron chi connectivity index (χ3n) is 3.77. The van der Waals surface area contributed by atoms with Crippen molar-refractivity contribution in [2.45, 2.75) is 46.0 Å². The number of hydrogen-bond acceptors (Lipinski definition) is 4. The molecule has 0 aliphatic rings. The van der Waals surface area contributed by atoms with Gasteiger partial charge in [0, 0.05) is 19.2 Å². The Bertz CT molecular complexity index is 762. The summed E-state index contributed by atoms with van der Waals surface area (Å²) in [7, 11) is 0. The summed E-state index contributed by atoms with van der Waals surface area (Å²) in [6, 6.07) is 7.71. The molecule has 0 fully saturated rings. The molecule has 0 atom stereocenters. The van der Waals surface area contributed by atoms with Crippen molar-refractivity contribution in [3.8, 4) is 5.75 Å². The number of guanidine groups is 1. The normalized spacial score (nSPS) is 11.9. The first kappa shape index (κ1) is 25.1. The fraction of sp³-hybridized carbons (Fsp3) is 0.474. The largest absolute Gasteiger partial charge is 0.573 e. The summed E-state index contributed by atoms with van der Waals surface area (Å²) in [6.45, 7) is 7.67.